The van der Waals surface area contributed by atoms with Crippen LogP contribution in [0.15, 0.2) is 182 Å². The molecule has 4 heterocycles. The minimum absolute atomic E-state index is 0.121. The van der Waals surface area contributed by atoms with Crippen LogP contribution >= 0.6 is 0 Å². The zero-order valence-corrected chi connectivity index (χ0v) is 31.7. The Kier molecular flexibility index (Phi) is 5.85. The van der Waals surface area contributed by atoms with E-state index in [9.17, 15) is 0 Å². The molecule has 5 heteroatoms. The molecule has 2 aliphatic rings. The smallest absolute Gasteiger partial charge is 0.269 e. The highest BCUT2D eigenvalue weighted by Crippen LogP contribution is 2.51. The monoisotopic (exact) mass is 770 g/mol. The van der Waals surface area contributed by atoms with Gasteiger partial charge < -0.3 is 4.74 Å². The van der Waals surface area contributed by atoms with Gasteiger partial charge in [-0.25, -0.2) is 4.98 Å². The number of rotatable bonds is 6. The summed E-state index contributed by atoms with van der Waals surface area (Å²) in [6.07, 6.45) is 10.0. The maximum absolute atomic E-state index is 9.02. The highest BCUT2D eigenvalue weighted by atomic mass is 16.5. The molecule has 0 saturated heterocycles. The fraction of sp³-hybridized carbons (Fsp3) is 0.111. The summed E-state index contributed by atoms with van der Waals surface area (Å²) >= 11 is 0. The van der Waals surface area contributed by atoms with Crippen LogP contribution in [-0.4, -0.2) is 14.1 Å². The number of fused-ring (bicyclic) bond motifs is 9. The zero-order valence-electron chi connectivity index (χ0n) is 41.7. The molecule has 0 radical (unpaired) electrons. The maximum atomic E-state index is 9.02. The lowest BCUT2D eigenvalue weighted by Crippen LogP contribution is -2.31. The van der Waals surface area contributed by atoms with Gasteiger partial charge in [0.1, 0.15) is 17.3 Å². The number of ether oxygens (including phenoxy) is 1. The largest absolute Gasteiger partial charge is 0.458 e. The molecule has 1 aliphatic heterocycles. The van der Waals surface area contributed by atoms with Gasteiger partial charge in [-0.15, -0.1) is 0 Å². The third-order valence-corrected chi connectivity index (χ3v) is 12.1. The van der Waals surface area contributed by atoms with Gasteiger partial charge in [0, 0.05) is 23.0 Å². The summed E-state index contributed by atoms with van der Waals surface area (Å²) in [6, 6.07) is 31.8. The van der Waals surface area contributed by atoms with Crippen molar-refractivity contribution in [2.75, 3.05) is 0 Å². The molecule has 12 rings (SSSR count). The van der Waals surface area contributed by atoms with E-state index in [0.717, 1.165) is 29.6 Å². The fourth-order valence-corrected chi connectivity index (χ4v) is 9.61. The standard InChI is InChI=1S/C54H40N4O/c1-3-15-36(16-4-1)41-23-12-24-42(37-17-5-2-6-18-37)52(41)57-35-56(49-28-9-10-29-50(49)57)38-19-11-20-39(33-38)59-40-30-31-45-47-26-13-25-46-43-21-7-8-22-44(43)48-27-14-32-55-54(48)58(53(46)47)51(45)34-40/h1-6,9-20,23-34,43-44H,7-8,21-22H2/i1D,2D,3D,4D,5D,6D,15D,16D,17D,18D. The average molecular weight is 771 g/mol. The quantitative estimate of drug-likeness (QED) is 0.125. The van der Waals surface area contributed by atoms with Crippen LogP contribution in [0.4, 0.5) is 0 Å². The Morgan fingerprint density at radius 3 is 2.12 bits per heavy atom. The van der Waals surface area contributed by atoms with Crippen molar-refractivity contribution in [2.45, 2.75) is 37.5 Å². The van der Waals surface area contributed by atoms with Crippen LogP contribution in [0.3, 0.4) is 0 Å². The molecule has 59 heavy (non-hydrogen) atoms. The molecule has 1 fully saturated rings. The molecule has 3 aromatic heterocycles. The van der Waals surface area contributed by atoms with Gasteiger partial charge in [0.25, 0.3) is 6.33 Å². The van der Waals surface area contributed by atoms with Crippen molar-refractivity contribution in [2.24, 2.45) is 0 Å². The molecule has 0 amide bonds. The Bertz CT molecular complexity index is 3680. The molecule has 5 nitrogen and oxygen atoms in total. The van der Waals surface area contributed by atoms with Gasteiger partial charge in [0.05, 0.1) is 47.1 Å². The van der Waals surface area contributed by atoms with Crippen molar-refractivity contribution in [3.8, 4) is 50.9 Å². The van der Waals surface area contributed by atoms with Crippen LogP contribution in [0.2, 0.25) is 0 Å². The molecule has 1 saturated carbocycles. The second-order valence-corrected chi connectivity index (χ2v) is 15.2. The predicted molar refractivity (Wildman–Crippen MR) is 237 cm³/mol. The Morgan fingerprint density at radius 2 is 1.32 bits per heavy atom. The molecule has 1 aliphatic carbocycles. The lowest BCUT2D eigenvalue weighted by Gasteiger charge is -2.31. The number of benzene rings is 7. The SMILES string of the molecule is [2H]c1c([2H])c([2H])c(-c2cccc(-c3c([2H])c([2H])c([2H])c([2H])c3[2H])c2-[n+]2[c-]n(-c3cccc(Oc4ccc5c6cccc7c6n(c5c4)-c4ncccc4C4CCCCC74)c3)c3ccccc32)c([2H])c1[2H]. The molecular formula is C54H40N4O. The van der Waals surface area contributed by atoms with Gasteiger partial charge in [-0.1, -0.05) is 146 Å². The Labute approximate surface area is 357 Å². The highest BCUT2D eigenvalue weighted by molar-refractivity contribution is 6.11. The molecule has 282 valence electrons. The topological polar surface area (TPSA) is 35.9 Å². The number of para-hydroxylation sites is 4. The minimum atomic E-state index is -0.559. The lowest BCUT2D eigenvalue weighted by molar-refractivity contribution is -0.571. The molecule has 0 bridgehead atoms. The third kappa shape index (κ3) is 5.45. The van der Waals surface area contributed by atoms with Gasteiger partial charge in [-0.3, -0.25) is 13.7 Å². The van der Waals surface area contributed by atoms with Crippen molar-refractivity contribution in [1.82, 2.24) is 14.1 Å². The first-order valence-corrected chi connectivity index (χ1v) is 20.0. The molecule has 7 aromatic carbocycles. The summed E-state index contributed by atoms with van der Waals surface area (Å²) in [7, 11) is 0. The first-order valence-electron chi connectivity index (χ1n) is 25.0. The number of imidazole rings is 1. The lowest BCUT2D eigenvalue weighted by atomic mass is 9.72. The van der Waals surface area contributed by atoms with E-state index < -0.39 is 60.4 Å². The first kappa shape index (κ1) is 25.2. The van der Waals surface area contributed by atoms with Gasteiger partial charge in [0.2, 0.25) is 0 Å². The van der Waals surface area contributed by atoms with Crippen LogP contribution < -0.4 is 9.30 Å². The zero-order chi connectivity index (χ0) is 47.6. The van der Waals surface area contributed by atoms with Crippen LogP contribution in [-0.2, 0) is 0 Å². The van der Waals surface area contributed by atoms with E-state index >= 15 is 0 Å². The van der Waals surface area contributed by atoms with Crippen LogP contribution in [0, 0.1) is 6.33 Å². The number of nitrogens with zero attached hydrogens (tertiary/aromatic N) is 4. The van der Waals surface area contributed by atoms with Crippen molar-refractivity contribution < 1.29 is 23.0 Å². The van der Waals surface area contributed by atoms with E-state index in [2.05, 4.69) is 53.4 Å². The first-order chi connectivity index (χ1) is 33.4. The summed E-state index contributed by atoms with van der Waals surface area (Å²) in [6.45, 7) is 0. The normalized spacial score (nSPS) is 18.2. The van der Waals surface area contributed by atoms with Gasteiger partial charge in [-0.2, -0.15) is 0 Å². The summed E-state index contributed by atoms with van der Waals surface area (Å²) in [5.74, 6) is 2.94. The van der Waals surface area contributed by atoms with Crippen molar-refractivity contribution in [1.29, 1.82) is 0 Å². The number of pyridine rings is 1. The van der Waals surface area contributed by atoms with E-state index in [1.807, 2.05) is 65.4 Å². The fourth-order valence-electron chi connectivity index (χ4n) is 9.61. The molecular weight excluding hydrogens is 721 g/mol. The summed E-state index contributed by atoms with van der Waals surface area (Å²) < 4.78 is 99.5. The number of hydrogen-bond donors (Lipinski definition) is 0. The molecule has 2 unspecified atom stereocenters. The summed E-state index contributed by atoms with van der Waals surface area (Å²) in [4.78, 5) is 5.04. The van der Waals surface area contributed by atoms with Crippen LogP contribution in [0.5, 0.6) is 11.5 Å². The van der Waals surface area contributed by atoms with Crippen molar-refractivity contribution >= 4 is 32.8 Å². The second-order valence-electron chi connectivity index (χ2n) is 15.2. The van der Waals surface area contributed by atoms with Crippen LogP contribution in [0.1, 0.15) is 62.4 Å². The van der Waals surface area contributed by atoms with Gasteiger partial charge >= 0.3 is 0 Å². The minimum Gasteiger partial charge on any atom is -0.458 e. The van der Waals surface area contributed by atoms with E-state index in [-0.39, 0.29) is 27.9 Å². The van der Waals surface area contributed by atoms with E-state index in [1.54, 1.807) is 22.8 Å². The molecule has 0 N–H and O–H groups in total. The maximum Gasteiger partial charge on any atom is 0.269 e. The van der Waals surface area contributed by atoms with E-state index in [0.29, 0.717) is 40.1 Å². The van der Waals surface area contributed by atoms with Gasteiger partial charge in [-0.05, 0) is 94.5 Å². The second kappa shape index (κ2) is 13.7. The molecule has 2 atom stereocenters. The Hall–Kier alpha value is -7.24. The number of aromatic nitrogens is 4. The summed E-state index contributed by atoms with van der Waals surface area (Å²) in [5, 5.41) is 2.30. The average Bonchev–Trinajstić information content (AvgIpc) is 3.88. The van der Waals surface area contributed by atoms with Crippen LogP contribution in [0.25, 0.3) is 72.3 Å². The van der Waals surface area contributed by atoms with E-state index in [4.69, 9.17) is 23.4 Å². The molecule has 10 aromatic rings. The van der Waals surface area contributed by atoms with E-state index in [1.165, 1.54) is 34.9 Å². The van der Waals surface area contributed by atoms with Gasteiger partial charge in [0.15, 0.2) is 0 Å². The molecule has 0 spiro atoms. The Balaban J connectivity index is 1.02. The van der Waals surface area contributed by atoms with Crippen molar-refractivity contribution in [3.05, 3.63) is 199 Å². The summed E-state index contributed by atoms with van der Waals surface area (Å²) in [5.41, 5.74) is 7.03. The Morgan fingerprint density at radius 1 is 0.627 bits per heavy atom. The highest BCUT2D eigenvalue weighted by Gasteiger charge is 2.35. The third-order valence-electron chi connectivity index (χ3n) is 12.1. The number of hydrogen-bond acceptors (Lipinski definition) is 2. The predicted octanol–water partition coefficient (Wildman–Crippen LogP) is 13.1. The van der Waals surface area contributed by atoms with Crippen molar-refractivity contribution in [3.63, 3.8) is 0 Å².